The molecule has 0 bridgehead atoms. The molecular formula is C16H34N2. The van der Waals surface area contributed by atoms with Crippen molar-refractivity contribution in [1.29, 1.82) is 0 Å². The topological polar surface area (TPSA) is 29.3 Å². The first-order chi connectivity index (χ1) is 8.88. The summed E-state index contributed by atoms with van der Waals surface area (Å²) in [5.74, 6) is 0. The normalized spacial score (nSPS) is 21.3. The van der Waals surface area contributed by atoms with E-state index >= 15 is 0 Å². The minimum atomic E-state index is 0.795. The second-order valence-corrected chi connectivity index (χ2v) is 5.88. The van der Waals surface area contributed by atoms with Crippen molar-refractivity contribution in [3.8, 4) is 0 Å². The molecule has 0 amide bonds. The zero-order valence-electron chi connectivity index (χ0n) is 12.5. The summed E-state index contributed by atoms with van der Waals surface area (Å²) in [5.41, 5.74) is 5.72. The lowest BCUT2D eigenvalue weighted by Gasteiger charge is -2.35. The molecule has 0 radical (unpaired) electrons. The van der Waals surface area contributed by atoms with Gasteiger partial charge >= 0.3 is 0 Å². The Kier molecular flexibility index (Phi) is 9.59. The molecule has 0 aromatic rings. The van der Waals surface area contributed by atoms with Crippen LogP contribution in [-0.4, -0.2) is 30.6 Å². The van der Waals surface area contributed by atoms with E-state index in [0.717, 1.165) is 12.6 Å². The van der Waals surface area contributed by atoms with Crippen molar-refractivity contribution in [3.63, 3.8) is 0 Å². The number of hydrogen-bond donors (Lipinski definition) is 1. The monoisotopic (exact) mass is 254 g/mol. The quantitative estimate of drug-likeness (QED) is 0.598. The maximum Gasteiger partial charge on any atom is 0.0107 e. The first-order valence-corrected chi connectivity index (χ1v) is 8.32. The van der Waals surface area contributed by atoms with E-state index in [2.05, 4.69) is 11.8 Å². The zero-order valence-corrected chi connectivity index (χ0v) is 12.5. The average Bonchev–Trinajstić information content (AvgIpc) is 2.40. The third-order valence-corrected chi connectivity index (χ3v) is 4.30. The maximum atomic E-state index is 5.72. The first-order valence-electron chi connectivity index (χ1n) is 8.32. The summed E-state index contributed by atoms with van der Waals surface area (Å²) in [7, 11) is 0. The molecule has 0 saturated carbocycles. The molecule has 1 saturated heterocycles. The predicted molar refractivity (Wildman–Crippen MR) is 80.9 cm³/mol. The van der Waals surface area contributed by atoms with E-state index in [1.165, 1.54) is 83.7 Å². The number of unbranched alkanes of at least 4 members (excludes halogenated alkanes) is 6. The van der Waals surface area contributed by atoms with Crippen LogP contribution in [0.4, 0.5) is 0 Å². The van der Waals surface area contributed by atoms with Crippen LogP contribution in [0, 0.1) is 0 Å². The van der Waals surface area contributed by atoms with Crippen molar-refractivity contribution in [1.82, 2.24) is 4.90 Å². The minimum Gasteiger partial charge on any atom is -0.330 e. The SMILES string of the molecule is CCCCCCCCCN1CCCCC1CCN. The molecule has 2 N–H and O–H groups in total. The molecule has 1 unspecified atom stereocenters. The van der Waals surface area contributed by atoms with Crippen LogP contribution >= 0.6 is 0 Å². The standard InChI is InChI=1S/C16H34N2/c1-2-3-4-5-6-7-9-14-18-15-10-8-11-16(18)12-13-17/h16H,2-15,17H2,1H3. The molecule has 2 heteroatoms. The number of piperidine rings is 1. The lowest BCUT2D eigenvalue weighted by molar-refractivity contribution is 0.139. The van der Waals surface area contributed by atoms with Gasteiger partial charge in [-0.25, -0.2) is 0 Å². The van der Waals surface area contributed by atoms with Crippen LogP contribution in [0.15, 0.2) is 0 Å². The molecule has 108 valence electrons. The Morgan fingerprint density at radius 3 is 2.44 bits per heavy atom. The van der Waals surface area contributed by atoms with Gasteiger partial charge in [-0.3, -0.25) is 0 Å². The van der Waals surface area contributed by atoms with E-state index < -0.39 is 0 Å². The highest BCUT2D eigenvalue weighted by Gasteiger charge is 2.20. The molecular weight excluding hydrogens is 220 g/mol. The van der Waals surface area contributed by atoms with Crippen LogP contribution in [0.5, 0.6) is 0 Å². The molecule has 1 aliphatic rings. The number of hydrogen-bond acceptors (Lipinski definition) is 2. The fraction of sp³-hybridized carbons (Fsp3) is 1.00. The molecule has 1 fully saturated rings. The van der Waals surface area contributed by atoms with Gasteiger partial charge in [-0.2, -0.15) is 0 Å². The lowest BCUT2D eigenvalue weighted by atomic mass is 9.98. The van der Waals surface area contributed by atoms with Gasteiger partial charge < -0.3 is 10.6 Å². The highest BCUT2D eigenvalue weighted by molar-refractivity contribution is 4.77. The van der Waals surface area contributed by atoms with E-state index in [4.69, 9.17) is 5.73 Å². The molecule has 1 aliphatic heterocycles. The Balaban J connectivity index is 2.02. The van der Waals surface area contributed by atoms with Crippen LogP contribution in [0.1, 0.15) is 77.6 Å². The summed E-state index contributed by atoms with van der Waals surface area (Å²) >= 11 is 0. The van der Waals surface area contributed by atoms with Gasteiger partial charge in [0, 0.05) is 6.04 Å². The number of rotatable bonds is 10. The van der Waals surface area contributed by atoms with Crippen molar-refractivity contribution >= 4 is 0 Å². The van der Waals surface area contributed by atoms with Crippen LogP contribution in [-0.2, 0) is 0 Å². The Hall–Kier alpha value is -0.0800. The van der Waals surface area contributed by atoms with E-state index in [0.29, 0.717) is 0 Å². The van der Waals surface area contributed by atoms with Gasteiger partial charge in [-0.15, -0.1) is 0 Å². The minimum absolute atomic E-state index is 0.795. The van der Waals surface area contributed by atoms with E-state index in [-0.39, 0.29) is 0 Å². The van der Waals surface area contributed by atoms with Crippen LogP contribution in [0.25, 0.3) is 0 Å². The fourth-order valence-electron chi connectivity index (χ4n) is 3.15. The number of likely N-dealkylation sites (tertiary alicyclic amines) is 1. The van der Waals surface area contributed by atoms with Crippen molar-refractivity contribution < 1.29 is 0 Å². The van der Waals surface area contributed by atoms with Crippen molar-refractivity contribution in [2.75, 3.05) is 19.6 Å². The summed E-state index contributed by atoms with van der Waals surface area (Å²) in [6.07, 6.45) is 15.3. The van der Waals surface area contributed by atoms with Gasteiger partial charge in [0.2, 0.25) is 0 Å². The molecule has 1 atom stereocenters. The van der Waals surface area contributed by atoms with E-state index in [9.17, 15) is 0 Å². The van der Waals surface area contributed by atoms with Gasteiger partial charge in [-0.05, 0) is 45.3 Å². The van der Waals surface area contributed by atoms with Gasteiger partial charge in [0.05, 0.1) is 0 Å². The molecule has 0 aromatic heterocycles. The molecule has 1 rings (SSSR count). The predicted octanol–water partition coefficient (Wildman–Crippen LogP) is 3.94. The van der Waals surface area contributed by atoms with Crippen LogP contribution in [0.3, 0.4) is 0 Å². The molecule has 18 heavy (non-hydrogen) atoms. The second-order valence-electron chi connectivity index (χ2n) is 5.88. The third kappa shape index (κ3) is 6.75. The van der Waals surface area contributed by atoms with Gasteiger partial charge in [-0.1, -0.05) is 51.9 Å². The summed E-state index contributed by atoms with van der Waals surface area (Å²) in [4.78, 5) is 2.71. The summed E-state index contributed by atoms with van der Waals surface area (Å²) in [6, 6.07) is 0.795. The van der Waals surface area contributed by atoms with E-state index in [1.54, 1.807) is 0 Å². The molecule has 0 aromatic carbocycles. The number of nitrogens with two attached hydrogens (primary N) is 1. The zero-order chi connectivity index (χ0) is 13.1. The summed E-state index contributed by atoms with van der Waals surface area (Å²) in [5, 5.41) is 0. The third-order valence-electron chi connectivity index (χ3n) is 4.30. The molecule has 0 aliphatic carbocycles. The lowest BCUT2D eigenvalue weighted by Crippen LogP contribution is -2.41. The second kappa shape index (κ2) is 10.8. The summed E-state index contributed by atoms with van der Waals surface area (Å²) < 4.78 is 0. The van der Waals surface area contributed by atoms with Gasteiger partial charge in [0.15, 0.2) is 0 Å². The molecule has 0 spiro atoms. The largest absolute Gasteiger partial charge is 0.330 e. The highest BCUT2D eigenvalue weighted by Crippen LogP contribution is 2.20. The van der Waals surface area contributed by atoms with E-state index in [1.807, 2.05) is 0 Å². The summed E-state index contributed by atoms with van der Waals surface area (Å²) in [6.45, 7) is 5.78. The molecule has 2 nitrogen and oxygen atoms in total. The van der Waals surface area contributed by atoms with Gasteiger partial charge in [0.1, 0.15) is 0 Å². The Bertz CT molecular complexity index is 180. The van der Waals surface area contributed by atoms with Crippen molar-refractivity contribution in [2.24, 2.45) is 5.73 Å². The molecule has 1 heterocycles. The van der Waals surface area contributed by atoms with Crippen molar-refractivity contribution in [2.45, 2.75) is 83.6 Å². The maximum absolute atomic E-state index is 5.72. The first kappa shape index (κ1) is 16.0. The van der Waals surface area contributed by atoms with Crippen LogP contribution < -0.4 is 5.73 Å². The Labute approximate surface area is 114 Å². The Morgan fingerprint density at radius 2 is 1.72 bits per heavy atom. The average molecular weight is 254 g/mol. The van der Waals surface area contributed by atoms with Crippen LogP contribution in [0.2, 0.25) is 0 Å². The van der Waals surface area contributed by atoms with Crippen molar-refractivity contribution in [3.05, 3.63) is 0 Å². The highest BCUT2D eigenvalue weighted by atomic mass is 15.2. The fourth-order valence-corrected chi connectivity index (χ4v) is 3.15. The smallest absolute Gasteiger partial charge is 0.0107 e. The van der Waals surface area contributed by atoms with Gasteiger partial charge in [0.25, 0.3) is 0 Å². The number of nitrogens with zero attached hydrogens (tertiary/aromatic N) is 1. The Morgan fingerprint density at radius 1 is 1.00 bits per heavy atom.